The lowest BCUT2D eigenvalue weighted by atomic mass is 10.0. The highest BCUT2D eigenvalue weighted by Gasteiger charge is 2.22. The van der Waals surface area contributed by atoms with E-state index in [1.807, 2.05) is 19.1 Å². The highest BCUT2D eigenvalue weighted by molar-refractivity contribution is 7.11. The number of thiazole rings is 1. The van der Waals surface area contributed by atoms with Crippen molar-refractivity contribution < 1.29 is 9.18 Å². The molecule has 4 nitrogen and oxygen atoms in total. The van der Waals surface area contributed by atoms with Gasteiger partial charge in [-0.15, -0.1) is 11.3 Å². The Morgan fingerprint density at radius 3 is 2.78 bits per heavy atom. The molecule has 1 aromatic heterocycles. The van der Waals surface area contributed by atoms with E-state index < -0.39 is 0 Å². The largest absolute Gasteiger partial charge is 0.348 e. The number of rotatable bonds is 4. The third-order valence-corrected chi connectivity index (χ3v) is 5.15. The molecule has 2 heterocycles. The maximum atomic E-state index is 13.7. The zero-order valence-electron chi connectivity index (χ0n) is 13.1. The first kappa shape index (κ1) is 16.1. The van der Waals surface area contributed by atoms with Crippen molar-refractivity contribution >= 4 is 17.2 Å². The topological polar surface area (TPSA) is 45.2 Å². The Morgan fingerprint density at radius 2 is 2.13 bits per heavy atom. The summed E-state index contributed by atoms with van der Waals surface area (Å²) in [6, 6.07) is 7.08. The van der Waals surface area contributed by atoms with E-state index >= 15 is 0 Å². The standard InChI is InChI=1S/C17H20FN3OS/c1-12-16(23-11-19-12)17(22)20-14-6-8-21(9-7-14)10-13-4-2-3-5-15(13)18/h2-5,11,14H,6-10H2,1H3,(H,20,22). The highest BCUT2D eigenvalue weighted by atomic mass is 32.1. The summed E-state index contributed by atoms with van der Waals surface area (Å²) in [6.45, 7) is 4.20. The average molecular weight is 333 g/mol. The molecule has 2 aromatic rings. The van der Waals surface area contributed by atoms with Gasteiger partial charge >= 0.3 is 0 Å². The van der Waals surface area contributed by atoms with Crippen LogP contribution in [0.3, 0.4) is 0 Å². The van der Waals surface area contributed by atoms with E-state index in [4.69, 9.17) is 0 Å². The molecular weight excluding hydrogens is 313 g/mol. The number of carbonyl (C=O) groups excluding carboxylic acids is 1. The van der Waals surface area contributed by atoms with Gasteiger partial charge in [0.05, 0.1) is 11.2 Å². The Morgan fingerprint density at radius 1 is 1.39 bits per heavy atom. The van der Waals surface area contributed by atoms with Crippen LogP contribution in [0.4, 0.5) is 4.39 Å². The van der Waals surface area contributed by atoms with Crippen LogP contribution in [0.25, 0.3) is 0 Å². The second kappa shape index (κ2) is 7.19. The Hall–Kier alpha value is -1.79. The van der Waals surface area contributed by atoms with E-state index in [1.54, 1.807) is 11.6 Å². The van der Waals surface area contributed by atoms with Crippen molar-refractivity contribution in [1.82, 2.24) is 15.2 Å². The van der Waals surface area contributed by atoms with Crippen LogP contribution in [0.5, 0.6) is 0 Å². The summed E-state index contributed by atoms with van der Waals surface area (Å²) in [7, 11) is 0. The summed E-state index contributed by atoms with van der Waals surface area (Å²) in [4.78, 5) is 19.2. The van der Waals surface area contributed by atoms with Gasteiger partial charge in [0.25, 0.3) is 5.91 Å². The molecule has 1 aromatic carbocycles. The van der Waals surface area contributed by atoms with Crippen molar-refractivity contribution in [1.29, 1.82) is 0 Å². The van der Waals surface area contributed by atoms with Crippen LogP contribution in [0.2, 0.25) is 0 Å². The summed E-state index contributed by atoms with van der Waals surface area (Å²) >= 11 is 1.37. The molecule has 0 bridgehead atoms. The minimum atomic E-state index is -0.149. The van der Waals surface area contributed by atoms with Gasteiger partial charge in [0.15, 0.2) is 0 Å². The van der Waals surface area contributed by atoms with Gasteiger partial charge in [-0.2, -0.15) is 0 Å². The molecule has 0 saturated carbocycles. The van der Waals surface area contributed by atoms with Gasteiger partial charge < -0.3 is 5.32 Å². The number of halogens is 1. The summed E-state index contributed by atoms with van der Waals surface area (Å²) in [6.07, 6.45) is 1.77. The Balaban J connectivity index is 1.50. The molecular formula is C17H20FN3OS. The number of aromatic nitrogens is 1. The van der Waals surface area contributed by atoms with Crippen LogP contribution in [0.1, 0.15) is 33.8 Å². The van der Waals surface area contributed by atoms with Crippen LogP contribution < -0.4 is 5.32 Å². The Labute approximate surface area is 139 Å². The SMILES string of the molecule is Cc1ncsc1C(=O)NC1CCN(Cc2ccccc2F)CC1. The number of benzene rings is 1. The molecule has 0 spiro atoms. The number of carbonyl (C=O) groups is 1. The lowest BCUT2D eigenvalue weighted by Crippen LogP contribution is -2.44. The molecule has 122 valence electrons. The first-order valence-corrected chi connectivity index (χ1v) is 8.68. The predicted molar refractivity (Wildman–Crippen MR) is 89.0 cm³/mol. The van der Waals surface area contributed by atoms with Gasteiger partial charge in [-0.3, -0.25) is 9.69 Å². The van der Waals surface area contributed by atoms with Crippen molar-refractivity contribution in [3.8, 4) is 0 Å². The van der Waals surface area contributed by atoms with Crippen LogP contribution in [-0.4, -0.2) is 34.9 Å². The number of likely N-dealkylation sites (tertiary alicyclic amines) is 1. The van der Waals surface area contributed by atoms with Crippen LogP contribution in [-0.2, 0) is 6.54 Å². The zero-order chi connectivity index (χ0) is 16.2. The van der Waals surface area contributed by atoms with Gasteiger partial charge in [-0.25, -0.2) is 9.37 Å². The Bertz CT molecular complexity index is 680. The minimum absolute atomic E-state index is 0.0300. The van der Waals surface area contributed by atoms with Crippen LogP contribution >= 0.6 is 11.3 Å². The Kier molecular flexibility index (Phi) is 5.03. The van der Waals surface area contributed by atoms with E-state index in [2.05, 4.69) is 15.2 Å². The third kappa shape index (κ3) is 3.95. The highest BCUT2D eigenvalue weighted by Crippen LogP contribution is 2.17. The van der Waals surface area contributed by atoms with E-state index in [0.717, 1.165) is 37.2 Å². The summed E-state index contributed by atoms with van der Waals surface area (Å²) in [5.74, 6) is -0.179. The van der Waals surface area contributed by atoms with E-state index in [0.29, 0.717) is 11.4 Å². The van der Waals surface area contributed by atoms with Gasteiger partial charge in [0.2, 0.25) is 0 Å². The first-order valence-electron chi connectivity index (χ1n) is 7.80. The molecule has 0 aliphatic carbocycles. The molecule has 23 heavy (non-hydrogen) atoms. The van der Waals surface area contributed by atoms with Crippen molar-refractivity contribution in [2.75, 3.05) is 13.1 Å². The lowest BCUT2D eigenvalue weighted by molar-refractivity contribution is 0.0912. The molecule has 1 fully saturated rings. The number of aryl methyl sites for hydroxylation is 1. The third-order valence-electron chi connectivity index (χ3n) is 4.23. The minimum Gasteiger partial charge on any atom is -0.348 e. The summed E-state index contributed by atoms with van der Waals surface area (Å²) in [5, 5.41) is 3.09. The molecule has 0 atom stereocenters. The number of hydrogen-bond donors (Lipinski definition) is 1. The molecule has 1 amide bonds. The molecule has 6 heteroatoms. The second-order valence-corrected chi connectivity index (χ2v) is 6.74. The van der Waals surface area contributed by atoms with Crippen molar-refractivity contribution in [2.45, 2.75) is 32.4 Å². The summed E-state index contributed by atoms with van der Waals surface area (Å²) in [5.41, 5.74) is 3.21. The number of hydrogen-bond acceptors (Lipinski definition) is 4. The fourth-order valence-corrected chi connectivity index (χ4v) is 3.58. The average Bonchev–Trinajstić information content (AvgIpc) is 2.98. The summed E-state index contributed by atoms with van der Waals surface area (Å²) < 4.78 is 13.7. The van der Waals surface area contributed by atoms with Gasteiger partial charge in [-0.05, 0) is 25.8 Å². The number of amides is 1. The van der Waals surface area contributed by atoms with E-state index in [1.165, 1.54) is 17.4 Å². The smallest absolute Gasteiger partial charge is 0.263 e. The lowest BCUT2D eigenvalue weighted by Gasteiger charge is -2.32. The molecule has 1 aliphatic heterocycles. The molecule has 1 N–H and O–H groups in total. The fraction of sp³-hybridized carbons (Fsp3) is 0.412. The van der Waals surface area contributed by atoms with Crippen molar-refractivity contribution in [3.63, 3.8) is 0 Å². The van der Waals surface area contributed by atoms with E-state index in [9.17, 15) is 9.18 Å². The molecule has 1 saturated heterocycles. The number of nitrogens with zero attached hydrogens (tertiary/aromatic N) is 2. The molecule has 0 radical (unpaired) electrons. The second-order valence-electron chi connectivity index (χ2n) is 5.88. The van der Waals surface area contributed by atoms with Crippen LogP contribution in [0.15, 0.2) is 29.8 Å². The molecule has 1 aliphatic rings. The number of piperidine rings is 1. The fourth-order valence-electron chi connectivity index (χ4n) is 2.87. The van der Waals surface area contributed by atoms with Crippen molar-refractivity contribution in [3.05, 3.63) is 51.7 Å². The van der Waals surface area contributed by atoms with Gasteiger partial charge in [0, 0.05) is 31.2 Å². The molecule has 3 rings (SSSR count). The van der Waals surface area contributed by atoms with Crippen LogP contribution in [0, 0.1) is 12.7 Å². The quantitative estimate of drug-likeness (QED) is 0.935. The van der Waals surface area contributed by atoms with E-state index in [-0.39, 0.29) is 17.8 Å². The monoisotopic (exact) mass is 333 g/mol. The first-order chi connectivity index (χ1) is 11.1. The molecule has 0 unspecified atom stereocenters. The van der Waals surface area contributed by atoms with Crippen molar-refractivity contribution in [2.24, 2.45) is 0 Å². The maximum Gasteiger partial charge on any atom is 0.263 e. The predicted octanol–water partition coefficient (Wildman–Crippen LogP) is 2.99. The number of nitrogens with one attached hydrogen (secondary N) is 1. The van der Waals surface area contributed by atoms with Gasteiger partial charge in [-0.1, -0.05) is 18.2 Å². The maximum absolute atomic E-state index is 13.7. The van der Waals surface area contributed by atoms with Gasteiger partial charge in [0.1, 0.15) is 10.7 Å². The normalized spacial score (nSPS) is 16.4. The zero-order valence-corrected chi connectivity index (χ0v) is 13.9.